The van der Waals surface area contributed by atoms with Crippen molar-refractivity contribution in [2.24, 2.45) is 0 Å². The molecule has 0 bridgehead atoms. The van der Waals surface area contributed by atoms with Gasteiger partial charge < -0.3 is 9.84 Å². The molecule has 3 nitrogen and oxygen atoms in total. The third-order valence-corrected chi connectivity index (χ3v) is 6.26. The van der Waals surface area contributed by atoms with Crippen LogP contribution in [0.2, 0.25) is 6.04 Å². The number of hydrogen-bond acceptors (Lipinski definition) is 2. The Morgan fingerprint density at radius 1 is 0.962 bits per heavy atom. The van der Waals surface area contributed by atoms with Crippen LogP contribution in [-0.4, -0.2) is 23.7 Å². The topological polar surface area (TPSA) is 46.5 Å². The molecule has 2 aromatic carbocycles. The molecule has 7 heteroatoms. The molecule has 2 rings (SSSR count). The molecule has 26 heavy (non-hydrogen) atoms. The van der Waals surface area contributed by atoms with Crippen molar-refractivity contribution >= 4 is 51.3 Å². The molecule has 0 fully saturated rings. The Hall–Kier alpha value is -1.46. The van der Waals surface area contributed by atoms with Crippen molar-refractivity contribution < 1.29 is 14.6 Å². The van der Waals surface area contributed by atoms with Gasteiger partial charge in [0.1, 0.15) is 5.75 Å². The van der Waals surface area contributed by atoms with Gasteiger partial charge in [-0.3, -0.25) is 0 Å². The van der Waals surface area contributed by atoms with Crippen LogP contribution in [-0.2, 0) is 4.79 Å². The Kier molecular flexibility index (Phi) is 8.03. The monoisotopic (exact) mass is 428 g/mol. The molecule has 0 atom stereocenters. The van der Waals surface area contributed by atoms with E-state index in [0.717, 1.165) is 41.4 Å². The number of carboxylic acids is 1. The average Bonchev–Trinajstić information content (AvgIpc) is 2.60. The van der Waals surface area contributed by atoms with Gasteiger partial charge in [-0.05, 0) is 53.8 Å². The quantitative estimate of drug-likeness (QED) is 0.221. The third kappa shape index (κ3) is 7.83. The van der Waals surface area contributed by atoms with Crippen molar-refractivity contribution in [2.45, 2.75) is 18.9 Å². The second-order valence-electron chi connectivity index (χ2n) is 5.74. The summed E-state index contributed by atoms with van der Waals surface area (Å²) in [6.07, 6.45) is 4.39. The van der Waals surface area contributed by atoms with E-state index >= 15 is 0 Å². The lowest BCUT2D eigenvalue weighted by atomic mass is 10.0. The van der Waals surface area contributed by atoms with Crippen LogP contribution in [0.25, 0.3) is 17.2 Å². The predicted molar refractivity (Wildman–Crippen MR) is 111 cm³/mol. The van der Waals surface area contributed by atoms with Crippen LogP contribution in [0.4, 0.5) is 0 Å². The highest BCUT2D eigenvalue weighted by atomic mass is 35.8. The lowest BCUT2D eigenvalue weighted by molar-refractivity contribution is -0.131. The lowest BCUT2D eigenvalue weighted by Crippen LogP contribution is -2.09. The molecule has 0 aliphatic heterocycles. The molecule has 0 heterocycles. The number of hydrogen-bond donors (Lipinski definition) is 1. The number of rotatable bonds is 9. The zero-order chi connectivity index (χ0) is 19.0. The Balaban J connectivity index is 1.86. The van der Waals surface area contributed by atoms with Gasteiger partial charge in [-0.1, -0.05) is 36.4 Å². The van der Waals surface area contributed by atoms with Crippen molar-refractivity contribution in [3.05, 3.63) is 60.2 Å². The smallest absolute Gasteiger partial charge is 0.341 e. The highest BCUT2D eigenvalue weighted by Crippen LogP contribution is 2.27. The number of benzene rings is 2. The Morgan fingerprint density at radius 3 is 2.08 bits per heavy atom. The fourth-order valence-corrected chi connectivity index (χ4v) is 4.17. The number of carboxylic acid groups (broad SMARTS) is 1. The van der Waals surface area contributed by atoms with E-state index < -0.39 is 12.0 Å². The van der Waals surface area contributed by atoms with E-state index in [2.05, 4.69) is 0 Å². The first-order valence-electron chi connectivity index (χ1n) is 8.14. The summed E-state index contributed by atoms with van der Waals surface area (Å²) < 4.78 is 5.71. The number of unbranched alkanes of at least 4 members (excludes halogenated alkanes) is 1. The fourth-order valence-electron chi connectivity index (χ4n) is 2.32. The van der Waals surface area contributed by atoms with E-state index in [1.165, 1.54) is 0 Å². The molecule has 0 saturated heterocycles. The molecule has 1 N–H and O–H groups in total. The molecule has 0 radical (unpaired) electrons. The Morgan fingerprint density at radius 2 is 1.54 bits per heavy atom. The van der Waals surface area contributed by atoms with E-state index in [0.29, 0.717) is 12.7 Å². The molecule has 0 aromatic heterocycles. The molecule has 0 amide bonds. The highest BCUT2D eigenvalue weighted by Gasteiger charge is 2.23. The lowest BCUT2D eigenvalue weighted by Gasteiger charge is -2.09. The molecular formula is C19H19Cl3O3Si. The van der Waals surface area contributed by atoms with Gasteiger partial charge in [0.15, 0.2) is 0 Å². The van der Waals surface area contributed by atoms with E-state index in [-0.39, 0.29) is 0 Å². The third-order valence-electron chi connectivity index (χ3n) is 3.64. The van der Waals surface area contributed by atoms with Crippen molar-refractivity contribution in [3.8, 4) is 16.9 Å². The minimum Gasteiger partial charge on any atom is -0.494 e. The van der Waals surface area contributed by atoms with Gasteiger partial charge >= 0.3 is 12.0 Å². The van der Waals surface area contributed by atoms with Crippen molar-refractivity contribution in [1.82, 2.24) is 0 Å². The first-order chi connectivity index (χ1) is 12.3. The van der Waals surface area contributed by atoms with Crippen molar-refractivity contribution in [2.75, 3.05) is 6.61 Å². The summed E-state index contributed by atoms with van der Waals surface area (Å²) in [6.45, 7) is 0.596. The van der Waals surface area contributed by atoms with Crippen LogP contribution in [0.3, 0.4) is 0 Å². The average molecular weight is 430 g/mol. The molecule has 2 aromatic rings. The largest absolute Gasteiger partial charge is 0.494 e. The van der Waals surface area contributed by atoms with Crippen LogP contribution in [0.5, 0.6) is 5.75 Å². The number of ether oxygens (including phenoxy) is 1. The second kappa shape index (κ2) is 10.0. The van der Waals surface area contributed by atoms with Gasteiger partial charge in [0.25, 0.3) is 0 Å². The van der Waals surface area contributed by atoms with Crippen molar-refractivity contribution in [1.29, 1.82) is 0 Å². The summed E-state index contributed by atoms with van der Waals surface area (Å²) in [5.41, 5.74) is 2.96. The van der Waals surface area contributed by atoms with Crippen LogP contribution < -0.4 is 4.74 Å². The zero-order valence-corrected chi connectivity index (χ0v) is 17.3. The Labute approximate surface area is 168 Å². The second-order valence-corrected chi connectivity index (χ2v) is 15.0. The number of carbonyl (C=O) groups is 1. The molecular weight excluding hydrogens is 411 g/mol. The number of aliphatic carboxylic acids is 1. The first-order valence-corrected chi connectivity index (χ1v) is 13.4. The minimum atomic E-state index is -2.52. The number of halogens is 3. The summed E-state index contributed by atoms with van der Waals surface area (Å²) in [5.74, 6) is -0.153. The highest BCUT2D eigenvalue weighted by molar-refractivity contribution is 7.64. The molecule has 0 spiro atoms. The zero-order valence-electron chi connectivity index (χ0n) is 14.0. The molecule has 0 aliphatic rings. The molecule has 0 unspecified atom stereocenters. The van der Waals surface area contributed by atoms with Crippen LogP contribution >= 0.6 is 33.2 Å². The summed E-state index contributed by atoms with van der Waals surface area (Å²) in [6, 6.07) is 13.6. The van der Waals surface area contributed by atoms with Gasteiger partial charge in [0, 0.05) is 6.08 Å². The molecule has 138 valence electrons. The molecule has 0 saturated carbocycles. The van der Waals surface area contributed by atoms with E-state index in [9.17, 15) is 4.79 Å². The summed E-state index contributed by atoms with van der Waals surface area (Å²) in [7, 11) is 0. The minimum absolute atomic E-state index is 0.596. The predicted octanol–water partition coefficient (Wildman–Crippen LogP) is 6.27. The van der Waals surface area contributed by atoms with Crippen LogP contribution in [0.1, 0.15) is 18.4 Å². The van der Waals surface area contributed by atoms with Crippen LogP contribution in [0.15, 0.2) is 54.6 Å². The van der Waals surface area contributed by atoms with Gasteiger partial charge in [-0.15, -0.1) is 33.2 Å². The summed E-state index contributed by atoms with van der Waals surface area (Å²) >= 11 is 17.5. The maximum Gasteiger partial charge on any atom is 0.341 e. The van der Waals surface area contributed by atoms with Gasteiger partial charge in [0.2, 0.25) is 0 Å². The summed E-state index contributed by atoms with van der Waals surface area (Å²) in [5, 5.41) is 8.65. The summed E-state index contributed by atoms with van der Waals surface area (Å²) in [4.78, 5) is 10.5. The fraction of sp³-hybridized carbons (Fsp3) is 0.211. The van der Waals surface area contributed by atoms with E-state index in [4.69, 9.17) is 43.1 Å². The first kappa shape index (κ1) is 20.8. The van der Waals surface area contributed by atoms with Gasteiger partial charge in [0.05, 0.1) is 6.61 Å². The van der Waals surface area contributed by atoms with Gasteiger partial charge in [-0.25, -0.2) is 4.79 Å². The standard InChI is InChI=1S/C19H19Cl3O3Si/c20-26(21,22)14-2-1-13-25-18-10-8-17(9-11-18)16-6-3-15(4-7-16)5-12-19(23)24/h3-12H,1-2,13-14H2,(H,23,24)/b12-5+. The maximum absolute atomic E-state index is 10.5. The maximum atomic E-state index is 10.5. The van der Waals surface area contributed by atoms with Crippen molar-refractivity contribution in [3.63, 3.8) is 0 Å². The van der Waals surface area contributed by atoms with Gasteiger partial charge in [-0.2, -0.15) is 0 Å². The normalized spacial score (nSPS) is 11.7. The molecule has 0 aliphatic carbocycles. The van der Waals surface area contributed by atoms with E-state index in [1.54, 1.807) is 6.08 Å². The SMILES string of the molecule is O=C(O)/C=C/c1ccc(-c2ccc(OCCCC[Si](Cl)(Cl)Cl)cc2)cc1. The van der Waals surface area contributed by atoms with E-state index in [1.807, 2.05) is 48.5 Å². The van der Waals surface area contributed by atoms with Crippen LogP contribution in [0, 0.1) is 0 Å². The Bertz CT molecular complexity index is 738.